The summed E-state index contributed by atoms with van der Waals surface area (Å²) in [6.07, 6.45) is 7.56. The number of methoxy groups -OCH3 is 1. The van der Waals surface area contributed by atoms with Crippen molar-refractivity contribution in [1.29, 1.82) is 0 Å². The molecule has 1 aliphatic heterocycles. The molecular formula is C25H26N4O2. The fourth-order valence-electron chi connectivity index (χ4n) is 4.92. The quantitative estimate of drug-likeness (QED) is 0.652. The molecule has 0 spiro atoms. The molecule has 1 saturated heterocycles. The summed E-state index contributed by atoms with van der Waals surface area (Å²) in [4.78, 5) is 13.3. The van der Waals surface area contributed by atoms with E-state index >= 15 is 0 Å². The second-order valence-electron chi connectivity index (χ2n) is 8.48. The Labute approximate surface area is 182 Å². The normalized spacial score (nSPS) is 22.3. The molecule has 6 nitrogen and oxygen atoms in total. The Morgan fingerprint density at radius 2 is 1.81 bits per heavy atom. The molecule has 0 radical (unpaired) electrons. The molecule has 3 heterocycles. The Kier molecular flexibility index (Phi) is 5.16. The minimum Gasteiger partial charge on any atom is -0.507 e. The van der Waals surface area contributed by atoms with Crippen molar-refractivity contribution in [3.63, 3.8) is 0 Å². The Morgan fingerprint density at radius 1 is 1.03 bits per heavy atom. The largest absolute Gasteiger partial charge is 0.507 e. The number of hydrogen-bond donors (Lipinski definition) is 2. The van der Waals surface area contributed by atoms with Gasteiger partial charge in [-0.2, -0.15) is 0 Å². The van der Waals surface area contributed by atoms with Gasteiger partial charge in [-0.25, -0.2) is 4.98 Å². The van der Waals surface area contributed by atoms with E-state index in [1.165, 1.54) is 12.8 Å². The zero-order valence-electron chi connectivity index (χ0n) is 17.6. The summed E-state index contributed by atoms with van der Waals surface area (Å²) in [6, 6.07) is 9.25. The number of fused-ring (bicyclic) bond motifs is 1. The molecule has 2 aromatic heterocycles. The van der Waals surface area contributed by atoms with E-state index < -0.39 is 0 Å². The lowest BCUT2D eigenvalue weighted by Gasteiger charge is -2.14. The smallest absolute Gasteiger partial charge is 0.213 e. The molecule has 31 heavy (non-hydrogen) atoms. The van der Waals surface area contributed by atoms with Crippen LogP contribution in [0.4, 0.5) is 0 Å². The number of ether oxygens (including phenoxy) is 1. The standard InChI is InChI=1S/C25H26N4O2/c1-15(18-7-19-11-26-12-20(19)8-18)22-13-29-23(14-28-22)21-4-3-16(9-24(21)30)17-5-6-27-25(10-17)31-2/h3-6,9-10,13-14,18-20,26,30H,1,7-8,11-12H2,2H3/t18-,19+,20-. The number of pyridine rings is 1. The summed E-state index contributed by atoms with van der Waals surface area (Å²) in [7, 11) is 1.58. The minimum absolute atomic E-state index is 0.158. The van der Waals surface area contributed by atoms with Crippen molar-refractivity contribution in [2.24, 2.45) is 17.8 Å². The van der Waals surface area contributed by atoms with Crippen molar-refractivity contribution >= 4 is 5.57 Å². The molecule has 1 aromatic carbocycles. The summed E-state index contributed by atoms with van der Waals surface area (Å²) < 4.78 is 5.19. The number of phenols is 1. The summed E-state index contributed by atoms with van der Waals surface area (Å²) in [5.74, 6) is 2.71. The van der Waals surface area contributed by atoms with E-state index in [1.807, 2.05) is 24.3 Å². The average molecular weight is 415 g/mol. The highest BCUT2D eigenvalue weighted by Gasteiger charge is 2.38. The van der Waals surface area contributed by atoms with Crippen LogP contribution in [-0.4, -0.2) is 40.3 Å². The lowest BCUT2D eigenvalue weighted by atomic mass is 9.94. The minimum atomic E-state index is 0.158. The molecule has 5 rings (SSSR count). The fraction of sp³-hybridized carbons (Fsp3) is 0.320. The predicted octanol–water partition coefficient (Wildman–Crippen LogP) is 4.18. The second-order valence-corrected chi connectivity index (χ2v) is 8.48. The zero-order valence-corrected chi connectivity index (χ0v) is 17.6. The fourth-order valence-corrected chi connectivity index (χ4v) is 4.92. The van der Waals surface area contributed by atoms with Crippen LogP contribution in [-0.2, 0) is 0 Å². The molecule has 1 aliphatic carbocycles. The van der Waals surface area contributed by atoms with Gasteiger partial charge in [0, 0.05) is 17.8 Å². The Bertz CT molecular complexity index is 1100. The highest BCUT2D eigenvalue weighted by atomic mass is 16.5. The summed E-state index contributed by atoms with van der Waals surface area (Å²) in [5.41, 5.74) is 5.02. The third kappa shape index (κ3) is 3.79. The molecule has 0 bridgehead atoms. The number of rotatable bonds is 5. The van der Waals surface area contributed by atoms with E-state index in [-0.39, 0.29) is 5.75 Å². The third-order valence-electron chi connectivity index (χ3n) is 6.68. The van der Waals surface area contributed by atoms with Crippen LogP contribution >= 0.6 is 0 Å². The Balaban J connectivity index is 1.34. The molecule has 3 aromatic rings. The van der Waals surface area contributed by atoms with Crippen LogP contribution in [0.5, 0.6) is 11.6 Å². The number of nitrogens with one attached hydrogen (secondary N) is 1. The zero-order chi connectivity index (χ0) is 21.4. The van der Waals surface area contributed by atoms with Gasteiger partial charge in [0.1, 0.15) is 5.75 Å². The summed E-state index contributed by atoms with van der Waals surface area (Å²) in [5, 5.41) is 14.1. The van der Waals surface area contributed by atoms with E-state index in [0.717, 1.165) is 47.3 Å². The first-order valence-corrected chi connectivity index (χ1v) is 10.7. The number of aromatic hydroxyl groups is 1. The molecule has 2 aliphatic rings. The first kappa shape index (κ1) is 19.7. The molecule has 1 saturated carbocycles. The van der Waals surface area contributed by atoms with Gasteiger partial charge in [0.25, 0.3) is 0 Å². The predicted molar refractivity (Wildman–Crippen MR) is 121 cm³/mol. The van der Waals surface area contributed by atoms with Crippen LogP contribution in [0.2, 0.25) is 0 Å². The molecule has 6 heteroatoms. The molecule has 0 amide bonds. The number of phenolic OH excluding ortho intramolecular Hbond substituents is 1. The Hall–Kier alpha value is -3.25. The lowest BCUT2D eigenvalue weighted by Crippen LogP contribution is -2.12. The summed E-state index contributed by atoms with van der Waals surface area (Å²) >= 11 is 0. The number of nitrogens with zero attached hydrogens (tertiary/aromatic N) is 3. The molecule has 158 valence electrons. The van der Waals surface area contributed by atoms with Crippen molar-refractivity contribution in [2.75, 3.05) is 20.2 Å². The van der Waals surface area contributed by atoms with E-state index in [9.17, 15) is 5.11 Å². The van der Waals surface area contributed by atoms with Gasteiger partial charge in [-0.05, 0) is 78.6 Å². The van der Waals surface area contributed by atoms with E-state index in [2.05, 4.69) is 26.8 Å². The van der Waals surface area contributed by atoms with E-state index in [4.69, 9.17) is 4.74 Å². The second kappa shape index (κ2) is 8.12. The molecule has 2 fully saturated rings. The van der Waals surface area contributed by atoms with Gasteiger partial charge in [-0.1, -0.05) is 12.6 Å². The molecule has 3 atom stereocenters. The maximum Gasteiger partial charge on any atom is 0.213 e. The van der Waals surface area contributed by atoms with E-state index in [1.54, 1.807) is 31.8 Å². The summed E-state index contributed by atoms with van der Waals surface area (Å²) in [6.45, 7) is 6.58. The first-order chi connectivity index (χ1) is 15.1. The van der Waals surface area contributed by atoms with Gasteiger partial charge < -0.3 is 15.2 Å². The number of aromatic nitrogens is 3. The van der Waals surface area contributed by atoms with Crippen LogP contribution in [0.1, 0.15) is 18.5 Å². The van der Waals surface area contributed by atoms with Crippen molar-refractivity contribution < 1.29 is 9.84 Å². The van der Waals surface area contributed by atoms with Gasteiger partial charge >= 0.3 is 0 Å². The van der Waals surface area contributed by atoms with Crippen molar-refractivity contribution in [2.45, 2.75) is 12.8 Å². The molecular weight excluding hydrogens is 388 g/mol. The van der Waals surface area contributed by atoms with Crippen LogP contribution in [0.15, 0.2) is 55.5 Å². The van der Waals surface area contributed by atoms with E-state index in [0.29, 0.717) is 23.1 Å². The van der Waals surface area contributed by atoms with Crippen LogP contribution in [0.3, 0.4) is 0 Å². The molecule has 0 unspecified atom stereocenters. The van der Waals surface area contributed by atoms with Crippen LogP contribution < -0.4 is 10.1 Å². The van der Waals surface area contributed by atoms with Crippen LogP contribution in [0, 0.1) is 17.8 Å². The van der Waals surface area contributed by atoms with Crippen molar-refractivity contribution in [1.82, 2.24) is 20.3 Å². The maximum absolute atomic E-state index is 10.6. The van der Waals surface area contributed by atoms with Gasteiger partial charge in [0.05, 0.1) is 30.9 Å². The van der Waals surface area contributed by atoms with Crippen molar-refractivity contribution in [3.8, 4) is 34.0 Å². The topological polar surface area (TPSA) is 80.2 Å². The van der Waals surface area contributed by atoms with Crippen molar-refractivity contribution in [3.05, 3.63) is 61.2 Å². The average Bonchev–Trinajstić information content (AvgIpc) is 3.41. The van der Waals surface area contributed by atoms with Gasteiger partial charge in [0.15, 0.2) is 0 Å². The van der Waals surface area contributed by atoms with Gasteiger partial charge in [-0.3, -0.25) is 9.97 Å². The van der Waals surface area contributed by atoms with Gasteiger partial charge in [-0.15, -0.1) is 0 Å². The SMILES string of the molecule is C=C(c1cnc(-c2ccc(-c3ccnc(OC)c3)cc2O)cn1)[C@@H]1C[C@H]2CNC[C@H]2C1. The van der Waals surface area contributed by atoms with Crippen LogP contribution in [0.25, 0.3) is 28.0 Å². The maximum atomic E-state index is 10.6. The molecule has 2 N–H and O–H groups in total. The highest BCUT2D eigenvalue weighted by Crippen LogP contribution is 2.44. The number of benzene rings is 1. The Morgan fingerprint density at radius 3 is 2.48 bits per heavy atom. The lowest BCUT2D eigenvalue weighted by molar-refractivity contribution is 0.398. The monoisotopic (exact) mass is 414 g/mol. The first-order valence-electron chi connectivity index (χ1n) is 10.7. The highest BCUT2D eigenvalue weighted by molar-refractivity contribution is 5.74. The van der Waals surface area contributed by atoms with Gasteiger partial charge in [0.2, 0.25) is 5.88 Å². The third-order valence-corrected chi connectivity index (χ3v) is 6.68. The number of allylic oxidation sites excluding steroid dienone is 1. The number of hydrogen-bond acceptors (Lipinski definition) is 6.